The van der Waals surface area contributed by atoms with Crippen LogP contribution in [0.15, 0.2) is 0 Å². The zero-order valence-corrected chi connectivity index (χ0v) is 15.0. The quantitative estimate of drug-likeness (QED) is 0.645. The highest BCUT2D eigenvalue weighted by molar-refractivity contribution is 7.88. The molecule has 0 aromatic heterocycles. The molecule has 0 radical (unpaired) electrons. The number of hydrogen-bond donors (Lipinski definition) is 1. The molecule has 2 heterocycles. The van der Waals surface area contributed by atoms with Gasteiger partial charge in [0, 0.05) is 45.7 Å². The van der Waals surface area contributed by atoms with E-state index in [1.807, 2.05) is 4.90 Å². The lowest BCUT2D eigenvalue weighted by Gasteiger charge is -2.28. The summed E-state index contributed by atoms with van der Waals surface area (Å²) in [4.78, 5) is 16.4. The predicted octanol–water partition coefficient (Wildman–Crippen LogP) is -0.444. The monoisotopic (exact) mass is 346 g/mol. The average Bonchev–Trinajstić information content (AvgIpc) is 3.03. The molecule has 0 atom stereocenters. The zero-order valence-electron chi connectivity index (χ0n) is 14.2. The number of rotatable bonds is 8. The van der Waals surface area contributed by atoms with Gasteiger partial charge in [0.05, 0.1) is 6.26 Å². The number of hydrogen-bond acceptors (Lipinski definition) is 5. The van der Waals surface area contributed by atoms with E-state index in [0.29, 0.717) is 26.2 Å². The maximum atomic E-state index is 12.2. The van der Waals surface area contributed by atoms with Gasteiger partial charge >= 0.3 is 0 Å². The highest BCUT2D eigenvalue weighted by Gasteiger charge is 2.21. The molecule has 0 aliphatic carbocycles. The molecule has 0 saturated carbocycles. The van der Waals surface area contributed by atoms with Crippen LogP contribution in [0, 0.1) is 0 Å². The molecular weight excluding hydrogens is 316 g/mol. The average molecular weight is 346 g/mol. The summed E-state index contributed by atoms with van der Waals surface area (Å²) in [5.74, 6) is 0.0553. The molecule has 0 bridgehead atoms. The van der Waals surface area contributed by atoms with Gasteiger partial charge in [0.1, 0.15) is 0 Å². The second-order valence-corrected chi connectivity index (χ2v) is 8.43. The third-order valence-corrected chi connectivity index (χ3v) is 5.90. The van der Waals surface area contributed by atoms with E-state index in [1.54, 1.807) is 0 Å². The van der Waals surface area contributed by atoms with Gasteiger partial charge in [-0.25, -0.2) is 12.7 Å². The summed E-state index contributed by atoms with van der Waals surface area (Å²) in [6.45, 7) is 7.05. The smallest absolute Gasteiger partial charge is 0.223 e. The van der Waals surface area contributed by atoms with E-state index < -0.39 is 10.0 Å². The van der Waals surface area contributed by atoms with Crippen LogP contribution in [0.5, 0.6) is 0 Å². The highest BCUT2D eigenvalue weighted by Crippen LogP contribution is 2.09. The van der Waals surface area contributed by atoms with Crippen molar-refractivity contribution in [3.8, 4) is 0 Å². The van der Waals surface area contributed by atoms with Crippen LogP contribution in [0.2, 0.25) is 0 Å². The first-order valence-corrected chi connectivity index (χ1v) is 10.5. The molecule has 2 saturated heterocycles. The summed E-state index contributed by atoms with van der Waals surface area (Å²) in [5.41, 5.74) is 0. The molecule has 0 aromatic rings. The molecule has 2 aliphatic heterocycles. The van der Waals surface area contributed by atoms with Crippen molar-refractivity contribution in [3.63, 3.8) is 0 Å². The van der Waals surface area contributed by atoms with Crippen LogP contribution in [-0.4, -0.2) is 93.6 Å². The van der Waals surface area contributed by atoms with E-state index in [4.69, 9.17) is 0 Å². The highest BCUT2D eigenvalue weighted by atomic mass is 32.2. The number of carbonyl (C=O) groups is 1. The van der Waals surface area contributed by atoms with E-state index in [1.165, 1.54) is 23.4 Å². The molecule has 2 aliphatic rings. The fraction of sp³-hybridized carbons (Fsp3) is 0.933. The first-order chi connectivity index (χ1) is 11.0. The lowest BCUT2D eigenvalue weighted by molar-refractivity contribution is -0.131. The molecule has 0 spiro atoms. The molecule has 7 nitrogen and oxygen atoms in total. The number of nitrogens with one attached hydrogen (secondary N) is 1. The largest absolute Gasteiger partial charge is 0.340 e. The summed E-state index contributed by atoms with van der Waals surface area (Å²) in [7, 11) is -3.26. The minimum Gasteiger partial charge on any atom is -0.340 e. The number of amides is 1. The first-order valence-electron chi connectivity index (χ1n) is 8.63. The fourth-order valence-corrected chi connectivity index (χ4v) is 4.10. The van der Waals surface area contributed by atoms with Crippen molar-refractivity contribution < 1.29 is 13.2 Å². The second kappa shape index (κ2) is 8.96. The number of nitrogens with zero attached hydrogens (tertiary/aromatic N) is 3. The van der Waals surface area contributed by atoms with Gasteiger partial charge in [-0.05, 0) is 38.9 Å². The number of piperazine rings is 1. The van der Waals surface area contributed by atoms with Gasteiger partial charge in [0.25, 0.3) is 0 Å². The molecule has 8 heteroatoms. The Labute approximate surface area is 140 Å². The second-order valence-electron chi connectivity index (χ2n) is 6.45. The molecule has 134 valence electrons. The van der Waals surface area contributed by atoms with Gasteiger partial charge < -0.3 is 15.1 Å². The molecular formula is C15H30N4O3S. The Balaban J connectivity index is 1.75. The summed E-state index contributed by atoms with van der Waals surface area (Å²) in [5, 5.41) is 3.21. The first kappa shape index (κ1) is 18.6. The van der Waals surface area contributed by atoms with E-state index in [9.17, 15) is 13.2 Å². The van der Waals surface area contributed by atoms with E-state index in [2.05, 4.69) is 10.2 Å². The van der Waals surface area contributed by atoms with Crippen LogP contribution in [-0.2, 0) is 14.8 Å². The van der Waals surface area contributed by atoms with Crippen molar-refractivity contribution in [2.75, 3.05) is 65.2 Å². The molecule has 1 N–H and O–H groups in total. The fourth-order valence-electron chi connectivity index (χ4n) is 3.21. The number of sulfonamides is 1. The topological polar surface area (TPSA) is 73.0 Å². The van der Waals surface area contributed by atoms with E-state index in [-0.39, 0.29) is 12.3 Å². The number of carbonyl (C=O) groups excluding carboxylic acids is 1. The van der Waals surface area contributed by atoms with Crippen LogP contribution >= 0.6 is 0 Å². The van der Waals surface area contributed by atoms with Crippen LogP contribution in [0.3, 0.4) is 0 Å². The molecule has 0 aromatic carbocycles. The molecule has 23 heavy (non-hydrogen) atoms. The summed E-state index contributed by atoms with van der Waals surface area (Å²) >= 11 is 0. The van der Waals surface area contributed by atoms with Crippen LogP contribution < -0.4 is 5.32 Å². The van der Waals surface area contributed by atoms with Crippen molar-refractivity contribution >= 4 is 15.9 Å². The molecule has 0 unspecified atom stereocenters. The summed E-state index contributed by atoms with van der Waals surface area (Å²) < 4.78 is 25.3. The van der Waals surface area contributed by atoms with E-state index >= 15 is 0 Å². The van der Waals surface area contributed by atoms with Crippen molar-refractivity contribution in [2.45, 2.75) is 25.7 Å². The molecule has 1 amide bonds. The summed E-state index contributed by atoms with van der Waals surface area (Å²) in [6, 6.07) is 0. The summed E-state index contributed by atoms with van der Waals surface area (Å²) in [6.07, 6.45) is 4.83. The minimum absolute atomic E-state index is 0.0553. The molecule has 2 rings (SSSR count). The lowest BCUT2D eigenvalue weighted by atomic mass is 10.3. The van der Waals surface area contributed by atoms with E-state index in [0.717, 1.165) is 39.1 Å². The van der Waals surface area contributed by atoms with Gasteiger partial charge in [-0.1, -0.05) is 0 Å². The van der Waals surface area contributed by atoms with Gasteiger partial charge in [-0.2, -0.15) is 0 Å². The lowest BCUT2D eigenvalue weighted by Crippen LogP contribution is -2.47. The van der Waals surface area contributed by atoms with Gasteiger partial charge in [-0.3, -0.25) is 4.79 Å². The normalized spacial score (nSPS) is 20.3. The number of likely N-dealkylation sites (tertiary alicyclic amines) is 1. The Morgan fingerprint density at radius 1 is 1.09 bits per heavy atom. The van der Waals surface area contributed by atoms with Crippen molar-refractivity contribution in [1.29, 1.82) is 0 Å². The Bertz CT molecular complexity index is 471. The SMILES string of the molecule is CS(=O)(=O)N(CCCN1CCCC1)CCC(=O)N1CCNCC1. The third kappa shape index (κ3) is 6.37. The minimum atomic E-state index is -3.26. The molecule has 2 fully saturated rings. The third-order valence-electron chi connectivity index (χ3n) is 4.59. The zero-order chi connectivity index (χ0) is 16.7. The van der Waals surface area contributed by atoms with Crippen LogP contribution in [0.25, 0.3) is 0 Å². The Morgan fingerprint density at radius 3 is 2.35 bits per heavy atom. The van der Waals surface area contributed by atoms with Crippen molar-refractivity contribution in [2.24, 2.45) is 0 Å². The van der Waals surface area contributed by atoms with Crippen LogP contribution in [0.1, 0.15) is 25.7 Å². The van der Waals surface area contributed by atoms with Crippen molar-refractivity contribution in [1.82, 2.24) is 19.4 Å². The van der Waals surface area contributed by atoms with Crippen molar-refractivity contribution in [3.05, 3.63) is 0 Å². The standard InChI is InChI=1S/C15H30N4O3S/c1-23(21,22)19(11-4-10-17-8-2-3-9-17)12-5-15(20)18-13-6-16-7-14-18/h16H,2-14H2,1H3. The Morgan fingerprint density at radius 2 is 1.74 bits per heavy atom. The Hall–Kier alpha value is -0.700. The van der Waals surface area contributed by atoms with Gasteiger partial charge in [0.15, 0.2) is 0 Å². The maximum absolute atomic E-state index is 12.2. The maximum Gasteiger partial charge on any atom is 0.223 e. The van der Waals surface area contributed by atoms with Gasteiger partial charge in [0.2, 0.25) is 15.9 Å². The predicted molar refractivity (Wildman–Crippen MR) is 90.8 cm³/mol. The van der Waals surface area contributed by atoms with Gasteiger partial charge in [-0.15, -0.1) is 0 Å². The van der Waals surface area contributed by atoms with Crippen LogP contribution in [0.4, 0.5) is 0 Å². The Kier molecular flexibility index (Phi) is 7.26.